The van der Waals surface area contributed by atoms with Crippen molar-refractivity contribution >= 4 is 17.0 Å². The number of hydrogen-bond donors (Lipinski definition) is 0. The zero-order valence-corrected chi connectivity index (χ0v) is 13.1. The lowest BCUT2D eigenvalue weighted by Gasteiger charge is -2.12. The molecule has 24 heavy (non-hydrogen) atoms. The van der Waals surface area contributed by atoms with E-state index in [0.717, 1.165) is 0 Å². The van der Waals surface area contributed by atoms with Crippen LogP contribution in [0.4, 0.5) is 0 Å². The summed E-state index contributed by atoms with van der Waals surface area (Å²) < 4.78 is 12.1. The van der Waals surface area contributed by atoms with E-state index in [2.05, 4.69) is 4.98 Å². The lowest BCUT2D eigenvalue weighted by molar-refractivity contribution is -0.135. The smallest absolute Gasteiger partial charge is 0.331 e. The Kier molecular flexibility index (Phi) is 4.56. The van der Waals surface area contributed by atoms with Gasteiger partial charge in [0.15, 0.2) is 11.5 Å². The molecular weight excluding hydrogens is 308 g/mol. The first-order valence-electron chi connectivity index (χ1n) is 7.56. The summed E-state index contributed by atoms with van der Waals surface area (Å²) in [7, 11) is 0. The molecule has 0 radical (unpaired) electrons. The summed E-state index contributed by atoms with van der Waals surface area (Å²) in [6.07, 6.45) is 1.20. The molecular formula is C18H16N2O4. The van der Waals surface area contributed by atoms with Gasteiger partial charge in [0.2, 0.25) is 0 Å². The number of fused-ring (bicyclic) bond motifs is 1. The molecule has 1 aromatic heterocycles. The van der Waals surface area contributed by atoms with Crippen LogP contribution in [0.5, 0.6) is 11.5 Å². The van der Waals surface area contributed by atoms with Crippen LogP contribution in [-0.2, 0) is 11.3 Å². The molecule has 0 aliphatic carbocycles. The summed E-state index contributed by atoms with van der Waals surface area (Å²) in [4.78, 5) is 28.4. The molecule has 0 bridgehead atoms. The Morgan fingerprint density at radius 1 is 1.08 bits per heavy atom. The van der Waals surface area contributed by atoms with Gasteiger partial charge in [-0.05, 0) is 31.2 Å². The van der Waals surface area contributed by atoms with Gasteiger partial charge < -0.3 is 9.47 Å². The average Bonchev–Trinajstić information content (AvgIpc) is 2.59. The second-order valence-electron chi connectivity index (χ2n) is 5.03. The third-order valence-electron chi connectivity index (χ3n) is 3.41. The first-order chi connectivity index (χ1) is 11.7. The molecule has 2 aromatic carbocycles. The van der Waals surface area contributed by atoms with E-state index in [-0.39, 0.29) is 12.1 Å². The van der Waals surface area contributed by atoms with Crippen molar-refractivity contribution in [3.63, 3.8) is 0 Å². The Balaban J connectivity index is 1.86. The third kappa shape index (κ3) is 3.27. The second-order valence-corrected chi connectivity index (χ2v) is 5.03. The van der Waals surface area contributed by atoms with E-state index in [1.165, 1.54) is 10.8 Å². The summed E-state index contributed by atoms with van der Waals surface area (Å²) in [6, 6.07) is 14.0. The van der Waals surface area contributed by atoms with Crippen LogP contribution in [0.25, 0.3) is 11.0 Å². The van der Waals surface area contributed by atoms with Crippen molar-refractivity contribution in [1.82, 2.24) is 9.55 Å². The molecule has 0 saturated heterocycles. The lowest BCUT2D eigenvalue weighted by atomic mass is 10.3. The zero-order valence-electron chi connectivity index (χ0n) is 13.1. The second kappa shape index (κ2) is 6.95. The number of carbonyl (C=O) groups excluding carboxylic acids is 1. The third-order valence-corrected chi connectivity index (χ3v) is 3.41. The first-order valence-corrected chi connectivity index (χ1v) is 7.56. The molecule has 6 heteroatoms. The minimum atomic E-state index is -0.555. The number of aromatic nitrogens is 2. The van der Waals surface area contributed by atoms with E-state index in [1.54, 1.807) is 42.5 Å². The number of rotatable bonds is 5. The van der Waals surface area contributed by atoms with Gasteiger partial charge in [0, 0.05) is 0 Å². The van der Waals surface area contributed by atoms with Gasteiger partial charge in [-0.25, -0.2) is 9.78 Å². The van der Waals surface area contributed by atoms with Gasteiger partial charge in [-0.3, -0.25) is 9.36 Å². The summed E-state index contributed by atoms with van der Waals surface area (Å²) in [5.74, 6) is 0.261. The van der Waals surface area contributed by atoms with Crippen molar-refractivity contribution in [2.75, 3.05) is 6.61 Å². The standard InChI is InChI=1S/C18H16N2O4/c1-2-23-15-9-5-6-10-16(15)24-18(22)12-20-14-8-4-3-7-13(14)19-11-17(20)21/h3-11H,2,12H2,1H3. The minimum Gasteiger partial charge on any atom is -0.490 e. The predicted molar refractivity (Wildman–Crippen MR) is 89.2 cm³/mol. The van der Waals surface area contributed by atoms with Crippen LogP contribution in [0, 0.1) is 0 Å². The van der Waals surface area contributed by atoms with Crippen LogP contribution in [0.15, 0.2) is 59.5 Å². The van der Waals surface area contributed by atoms with Crippen molar-refractivity contribution in [2.45, 2.75) is 13.5 Å². The number of carbonyl (C=O) groups is 1. The SMILES string of the molecule is CCOc1ccccc1OC(=O)Cn1c(=O)cnc2ccccc21. The number of hydrogen-bond acceptors (Lipinski definition) is 5. The largest absolute Gasteiger partial charge is 0.490 e. The van der Waals surface area contributed by atoms with E-state index in [9.17, 15) is 9.59 Å². The Bertz CT molecular complexity index is 933. The monoisotopic (exact) mass is 324 g/mol. The summed E-state index contributed by atoms with van der Waals surface area (Å²) in [6.45, 7) is 2.10. The van der Waals surface area contributed by atoms with Gasteiger partial charge in [0.1, 0.15) is 6.54 Å². The van der Waals surface area contributed by atoms with E-state index in [0.29, 0.717) is 29.1 Å². The normalized spacial score (nSPS) is 10.5. The number of benzene rings is 2. The highest BCUT2D eigenvalue weighted by molar-refractivity contribution is 5.78. The Labute approximate surface area is 138 Å². The molecule has 6 nitrogen and oxygen atoms in total. The maximum absolute atomic E-state index is 12.3. The molecule has 122 valence electrons. The Morgan fingerprint density at radius 2 is 1.79 bits per heavy atom. The molecule has 0 unspecified atom stereocenters. The summed E-state index contributed by atoms with van der Waals surface area (Å²) >= 11 is 0. The molecule has 0 fully saturated rings. The topological polar surface area (TPSA) is 70.4 Å². The van der Waals surface area contributed by atoms with Crippen molar-refractivity contribution in [2.24, 2.45) is 0 Å². The van der Waals surface area contributed by atoms with Gasteiger partial charge in [-0.1, -0.05) is 24.3 Å². The molecule has 3 aromatic rings. The van der Waals surface area contributed by atoms with Gasteiger partial charge >= 0.3 is 5.97 Å². The highest BCUT2D eigenvalue weighted by Gasteiger charge is 2.13. The van der Waals surface area contributed by atoms with E-state index >= 15 is 0 Å². The molecule has 0 saturated carbocycles. The molecule has 0 N–H and O–H groups in total. The van der Waals surface area contributed by atoms with Crippen LogP contribution < -0.4 is 15.0 Å². The molecule has 0 aliphatic rings. The first kappa shape index (κ1) is 15.7. The quantitative estimate of drug-likeness (QED) is 0.532. The molecule has 3 rings (SSSR count). The summed E-state index contributed by atoms with van der Waals surface area (Å²) in [5, 5.41) is 0. The van der Waals surface area contributed by atoms with Gasteiger partial charge in [-0.15, -0.1) is 0 Å². The van der Waals surface area contributed by atoms with Crippen molar-refractivity contribution < 1.29 is 14.3 Å². The highest BCUT2D eigenvalue weighted by Crippen LogP contribution is 2.26. The predicted octanol–water partition coefficient (Wildman–Crippen LogP) is 2.40. The van der Waals surface area contributed by atoms with Crippen LogP contribution in [0.2, 0.25) is 0 Å². The van der Waals surface area contributed by atoms with E-state index < -0.39 is 5.97 Å². The molecule has 1 heterocycles. The molecule has 0 aliphatic heterocycles. The van der Waals surface area contributed by atoms with Crippen LogP contribution in [-0.4, -0.2) is 22.1 Å². The van der Waals surface area contributed by atoms with E-state index in [1.807, 2.05) is 13.0 Å². The fourth-order valence-electron chi connectivity index (χ4n) is 2.37. The van der Waals surface area contributed by atoms with Crippen molar-refractivity contribution in [3.05, 3.63) is 65.1 Å². The van der Waals surface area contributed by atoms with Crippen LogP contribution in [0.1, 0.15) is 6.92 Å². The average molecular weight is 324 g/mol. The van der Waals surface area contributed by atoms with Crippen LogP contribution in [0.3, 0.4) is 0 Å². The lowest BCUT2D eigenvalue weighted by Crippen LogP contribution is -2.27. The Hall–Kier alpha value is -3.15. The maximum Gasteiger partial charge on any atom is 0.331 e. The molecule has 0 spiro atoms. The highest BCUT2D eigenvalue weighted by atomic mass is 16.6. The fourth-order valence-corrected chi connectivity index (χ4v) is 2.37. The summed E-state index contributed by atoms with van der Waals surface area (Å²) in [5.41, 5.74) is 0.864. The number of esters is 1. The molecule has 0 atom stereocenters. The van der Waals surface area contributed by atoms with Gasteiger partial charge in [-0.2, -0.15) is 0 Å². The fraction of sp³-hybridized carbons (Fsp3) is 0.167. The van der Waals surface area contributed by atoms with Gasteiger partial charge in [0.05, 0.1) is 23.8 Å². The van der Waals surface area contributed by atoms with Crippen molar-refractivity contribution in [1.29, 1.82) is 0 Å². The number of nitrogens with zero attached hydrogens (tertiary/aromatic N) is 2. The van der Waals surface area contributed by atoms with Crippen molar-refractivity contribution in [3.8, 4) is 11.5 Å². The maximum atomic E-state index is 12.3. The number of ether oxygens (including phenoxy) is 2. The van der Waals surface area contributed by atoms with Crippen LogP contribution >= 0.6 is 0 Å². The van der Waals surface area contributed by atoms with E-state index in [4.69, 9.17) is 9.47 Å². The molecule has 0 amide bonds. The minimum absolute atomic E-state index is 0.206. The Morgan fingerprint density at radius 3 is 2.58 bits per heavy atom. The number of para-hydroxylation sites is 4. The van der Waals surface area contributed by atoms with Gasteiger partial charge in [0.25, 0.3) is 5.56 Å². The zero-order chi connectivity index (χ0) is 16.9.